The average molecular weight is 263 g/mol. The van der Waals surface area contributed by atoms with Gasteiger partial charge in [-0.3, -0.25) is 4.90 Å². The number of cyclic esters (lactones) is 1. The van der Waals surface area contributed by atoms with Gasteiger partial charge in [-0.2, -0.15) is 0 Å². The van der Waals surface area contributed by atoms with Gasteiger partial charge in [0.2, 0.25) is 0 Å². The lowest BCUT2D eigenvalue weighted by molar-refractivity contribution is 0.0297. The summed E-state index contributed by atoms with van der Waals surface area (Å²) in [5.74, 6) is -0.0263. The Kier molecular flexibility index (Phi) is 3.40. The first-order chi connectivity index (χ1) is 9.25. The zero-order valence-electron chi connectivity index (χ0n) is 10.6. The van der Waals surface area contributed by atoms with Crippen LogP contribution in [0.3, 0.4) is 0 Å². The number of rotatable bonds is 4. The first kappa shape index (κ1) is 12.4. The van der Waals surface area contributed by atoms with Crippen LogP contribution >= 0.6 is 0 Å². The highest BCUT2D eigenvalue weighted by molar-refractivity contribution is 5.70. The predicted molar refractivity (Wildman–Crippen MR) is 67.4 cm³/mol. The molecule has 0 bridgehead atoms. The molecule has 1 aromatic rings. The van der Waals surface area contributed by atoms with Crippen molar-refractivity contribution < 1.29 is 19.4 Å². The molecule has 3 rings (SSSR count). The van der Waals surface area contributed by atoms with Crippen molar-refractivity contribution in [3.05, 3.63) is 35.9 Å². The second-order valence-electron chi connectivity index (χ2n) is 5.05. The zero-order chi connectivity index (χ0) is 13.2. The van der Waals surface area contributed by atoms with Gasteiger partial charge in [-0.15, -0.1) is 0 Å². The fourth-order valence-electron chi connectivity index (χ4n) is 2.69. The Morgan fingerprint density at radius 3 is 2.89 bits per heavy atom. The third kappa shape index (κ3) is 2.43. The molecule has 2 aliphatic rings. The highest BCUT2D eigenvalue weighted by atomic mass is 16.6. The Labute approximate surface area is 111 Å². The predicted octanol–water partition coefficient (Wildman–Crippen LogP) is 1.01. The van der Waals surface area contributed by atoms with Crippen molar-refractivity contribution >= 4 is 6.09 Å². The third-order valence-corrected chi connectivity index (χ3v) is 3.76. The van der Waals surface area contributed by atoms with Gasteiger partial charge >= 0.3 is 6.09 Å². The topological polar surface area (TPSA) is 59.0 Å². The minimum atomic E-state index is -0.553. The molecule has 0 radical (unpaired) electrons. The summed E-state index contributed by atoms with van der Waals surface area (Å²) in [5, 5.41) is 10.1. The van der Waals surface area contributed by atoms with Crippen molar-refractivity contribution in [2.24, 2.45) is 5.92 Å². The average Bonchev–Trinajstić information content (AvgIpc) is 2.94. The Balaban J connectivity index is 1.50. The Morgan fingerprint density at radius 1 is 1.37 bits per heavy atom. The number of fused-ring (bicyclic) bond motifs is 1. The molecule has 5 heteroatoms. The molecule has 1 N–H and O–H groups in total. The van der Waals surface area contributed by atoms with E-state index < -0.39 is 6.10 Å². The number of aliphatic hydroxyl groups excluding tert-OH is 1. The summed E-state index contributed by atoms with van der Waals surface area (Å²) in [6, 6.07) is 9.70. The van der Waals surface area contributed by atoms with Crippen LogP contribution in [0.1, 0.15) is 5.56 Å². The monoisotopic (exact) mass is 263 g/mol. The third-order valence-electron chi connectivity index (χ3n) is 3.76. The maximum absolute atomic E-state index is 11.4. The number of ether oxygens (including phenoxy) is 2. The number of carbonyl (C=O) groups is 1. The largest absolute Gasteiger partial charge is 0.447 e. The van der Waals surface area contributed by atoms with E-state index in [1.54, 1.807) is 4.90 Å². The summed E-state index contributed by atoms with van der Waals surface area (Å²) in [6.07, 6.45) is -0.878. The second-order valence-corrected chi connectivity index (χ2v) is 5.05. The molecule has 0 saturated carbocycles. The summed E-state index contributed by atoms with van der Waals surface area (Å²) < 4.78 is 10.5. The van der Waals surface area contributed by atoms with Gasteiger partial charge in [0.05, 0.1) is 25.4 Å². The number of benzene rings is 1. The van der Waals surface area contributed by atoms with E-state index in [2.05, 4.69) is 0 Å². The minimum absolute atomic E-state index is 0.0263. The van der Waals surface area contributed by atoms with Crippen molar-refractivity contribution in [3.63, 3.8) is 0 Å². The summed E-state index contributed by atoms with van der Waals surface area (Å²) in [7, 11) is 0. The van der Waals surface area contributed by atoms with E-state index in [0.717, 1.165) is 5.56 Å². The SMILES string of the molecule is O=C1OC[C@H]2[C@H](O)[C@@H](COCc3ccccc3)CN12. The molecule has 0 aromatic heterocycles. The molecule has 0 aliphatic carbocycles. The van der Waals surface area contributed by atoms with Crippen LogP contribution < -0.4 is 0 Å². The summed E-state index contributed by atoms with van der Waals surface area (Å²) >= 11 is 0. The molecule has 0 spiro atoms. The molecule has 0 unspecified atom stereocenters. The van der Waals surface area contributed by atoms with Crippen LogP contribution in [-0.2, 0) is 16.1 Å². The lowest BCUT2D eigenvalue weighted by atomic mass is 10.0. The van der Waals surface area contributed by atoms with E-state index in [9.17, 15) is 9.90 Å². The lowest BCUT2D eigenvalue weighted by Crippen LogP contribution is -2.33. The highest BCUT2D eigenvalue weighted by Crippen LogP contribution is 2.29. The molecular weight excluding hydrogens is 246 g/mol. The first-order valence-corrected chi connectivity index (χ1v) is 6.49. The maximum Gasteiger partial charge on any atom is 0.410 e. The molecule has 19 heavy (non-hydrogen) atoms. The molecule has 1 aromatic carbocycles. The number of aliphatic hydroxyl groups is 1. The van der Waals surface area contributed by atoms with Crippen LogP contribution in [0.25, 0.3) is 0 Å². The van der Waals surface area contributed by atoms with E-state index in [1.165, 1.54) is 0 Å². The van der Waals surface area contributed by atoms with Gasteiger partial charge in [-0.1, -0.05) is 30.3 Å². The molecule has 2 heterocycles. The van der Waals surface area contributed by atoms with Gasteiger partial charge in [0.15, 0.2) is 0 Å². The van der Waals surface area contributed by atoms with Gasteiger partial charge in [-0.05, 0) is 5.56 Å². The van der Waals surface area contributed by atoms with Crippen LogP contribution in [0, 0.1) is 5.92 Å². The fourth-order valence-corrected chi connectivity index (χ4v) is 2.69. The molecule has 102 valence electrons. The molecule has 1 amide bonds. The summed E-state index contributed by atoms with van der Waals surface area (Å²) in [4.78, 5) is 13.0. The van der Waals surface area contributed by atoms with E-state index in [4.69, 9.17) is 9.47 Å². The molecule has 2 aliphatic heterocycles. The van der Waals surface area contributed by atoms with Crippen LogP contribution in [0.2, 0.25) is 0 Å². The number of hydrogen-bond acceptors (Lipinski definition) is 4. The quantitative estimate of drug-likeness (QED) is 0.881. The minimum Gasteiger partial charge on any atom is -0.447 e. The molecule has 5 nitrogen and oxygen atoms in total. The van der Waals surface area contributed by atoms with Crippen LogP contribution in [-0.4, -0.2) is 48.0 Å². The normalized spacial score (nSPS) is 29.4. The fraction of sp³-hybridized carbons (Fsp3) is 0.500. The van der Waals surface area contributed by atoms with Crippen LogP contribution in [0.15, 0.2) is 30.3 Å². The number of amides is 1. The van der Waals surface area contributed by atoms with Crippen molar-refractivity contribution in [2.45, 2.75) is 18.8 Å². The number of carbonyl (C=O) groups excluding carboxylic acids is 1. The number of hydrogen-bond donors (Lipinski definition) is 1. The zero-order valence-corrected chi connectivity index (χ0v) is 10.6. The van der Waals surface area contributed by atoms with Crippen molar-refractivity contribution in [2.75, 3.05) is 19.8 Å². The van der Waals surface area contributed by atoms with Gasteiger partial charge < -0.3 is 14.6 Å². The second kappa shape index (κ2) is 5.19. The smallest absolute Gasteiger partial charge is 0.410 e. The Bertz CT molecular complexity index is 450. The van der Waals surface area contributed by atoms with E-state index >= 15 is 0 Å². The first-order valence-electron chi connectivity index (χ1n) is 6.49. The number of nitrogens with zero attached hydrogens (tertiary/aromatic N) is 1. The van der Waals surface area contributed by atoms with Crippen molar-refractivity contribution in [3.8, 4) is 0 Å². The van der Waals surface area contributed by atoms with Crippen LogP contribution in [0.4, 0.5) is 4.79 Å². The molecule has 2 fully saturated rings. The molecule has 3 atom stereocenters. The lowest BCUT2D eigenvalue weighted by Gasteiger charge is -2.16. The van der Waals surface area contributed by atoms with Gasteiger partial charge in [-0.25, -0.2) is 4.79 Å². The molecular formula is C14H17NO4. The summed E-state index contributed by atoms with van der Waals surface area (Å²) in [5.41, 5.74) is 1.11. The van der Waals surface area contributed by atoms with E-state index in [1.807, 2.05) is 30.3 Å². The van der Waals surface area contributed by atoms with Crippen molar-refractivity contribution in [1.82, 2.24) is 4.90 Å². The Hall–Kier alpha value is -1.59. The van der Waals surface area contributed by atoms with E-state index in [-0.39, 0.29) is 24.7 Å². The van der Waals surface area contributed by atoms with E-state index in [0.29, 0.717) is 19.8 Å². The van der Waals surface area contributed by atoms with Gasteiger partial charge in [0.25, 0.3) is 0 Å². The standard InChI is InChI=1S/C14H17NO4/c16-13-11(6-15-12(13)9-19-14(15)17)8-18-7-10-4-2-1-3-5-10/h1-5,11-13,16H,6-9H2/t11-,12+,13-/m1/s1. The maximum atomic E-state index is 11.4. The highest BCUT2D eigenvalue weighted by Gasteiger charge is 2.48. The Morgan fingerprint density at radius 2 is 2.16 bits per heavy atom. The van der Waals surface area contributed by atoms with Crippen LogP contribution in [0.5, 0.6) is 0 Å². The van der Waals surface area contributed by atoms with Gasteiger partial charge in [0, 0.05) is 12.5 Å². The van der Waals surface area contributed by atoms with Crippen molar-refractivity contribution in [1.29, 1.82) is 0 Å². The summed E-state index contributed by atoms with van der Waals surface area (Å²) in [6.45, 7) is 1.78. The van der Waals surface area contributed by atoms with Gasteiger partial charge in [0.1, 0.15) is 6.61 Å². The molecule has 2 saturated heterocycles.